The van der Waals surface area contributed by atoms with E-state index in [2.05, 4.69) is 4.98 Å². The number of carbonyl (C=O) groups is 1. The zero-order valence-electron chi connectivity index (χ0n) is 13.8. The van der Waals surface area contributed by atoms with E-state index in [0.717, 1.165) is 16.5 Å². The minimum absolute atomic E-state index is 0.299. The fraction of sp³-hybridized carbons (Fsp3) is 0.211. The monoisotopic (exact) mass is 357 g/mol. The maximum Gasteiger partial charge on any atom is 0.311 e. The van der Waals surface area contributed by atoms with Crippen LogP contribution in [-0.4, -0.2) is 27.1 Å². The van der Waals surface area contributed by atoms with Crippen LogP contribution in [0.25, 0.3) is 10.9 Å². The summed E-state index contributed by atoms with van der Waals surface area (Å²) in [6, 6.07) is 16.2. The lowest BCUT2D eigenvalue weighted by molar-refractivity contribution is -0.138. The molecule has 0 aliphatic carbocycles. The molecule has 0 aliphatic heterocycles. The molecule has 3 unspecified atom stereocenters. The smallest absolute Gasteiger partial charge is 0.311 e. The van der Waals surface area contributed by atoms with Gasteiger partial charge in [-0.2, -0.15) is 0 Å². The Bertz CT molecular complexity index is 935. The molecule has 0 spiro atoms. The van der Waals surface area contributed by atoms with Crippen molar-refractivity contribution in [3.63, 3.8) is 0 Å². The first-order chi connectivity index (χ1) is 11.9. The molecule has 1 aromatic heterocycles. The van der Waals surface area contributed by atoms with Gasteiger partial charge in [0.1, 0.15) is 0 Å². The first-order valence-electron chi connectivity index (χ1n) is 8.05. The Balaban J connectivity index is 1.92. The quantitative estimate of drug-likeness (QED) is 0.572. The summed E-state index contributed by atoms with van der Waals surface area (Å²) in [5, 5.41) is 10.4. The van der Waals surface area contributed by atoms with E-state index in [-0.39, 0.29) is 6.16 Å². The lowest BCUT2D eigenvalue weighted by atomic mass is 10.0. The van der Waals surface area contributed by atoms with Crippen LogP contribution >= 0.6 is 7.37 Å². The molecule has 1 heterocycles. The van der Waals surface area contributed by atoms with Gasteiger partial charge in [-0.05, 0) is 24.1 Å². The van der Waals surface area contributed by atoms with Crippen molar-refractivity contribution >= 4 is 24.2 Å². The van der Waals surface area contributed by atoms with E-state index in [1.807, 2.05) is 24.3 Å². The van der Waals surface area contributed by atoms with Crippen molar-refractivity contribution < 1.29 is 19.4 Å². The van der Waals surface area contributed by atoms with Crippen LogP contribution in [0, 0.1) is 0 Å². The molecule has 0 saturated heterocycles. The lowest BCUT2D eigenvalue weighted by Crippen LogP contribution is -2.17. The van der Waals surface area contributed by atoms with Gasteiger partial charge in [-0.3, -0.25) is 9.36 Å². The van der Waals surface area contributed by atoms with Gasteiger partial charge in [0.15, 0.2) is 0 Å². The number of hydrogen-bond acceptors (Lipinski definition) is 2. The van der Waals surface area contributed by atoms with Crippen molar-refractivity contribution in [1.29, 1.82) is 0 Å². The van der Waals surface area contributed by atoms with Gasteiger partial charge in [0, 0.05) is 23.3 Å². The number of fused-ring (bicyclic) bond motifs is 1. The summed E-state index contributed by atoms with van der Waals surface area (Å²) in [4.78, 5) is 25.4. The third-order valence-corrected chi connectivity index (χ3v) is 7.00. The van der Waals surface area contributed by atoms with E-state index in [4.69, 9.17) is 0 Å². The second-order valence-electron chi connectivity index (χ2n) is 6.21. The third kappa shape index (κ3) is 3.53. The van der Waals surface area contributed by atoms with Crippen LogP contribution in [0.4, 0.5) is 0 Å². The van der Waals surface area contributed by atoms with Crippen molar-refractivity contribution in [1.82, 2.24) is 4.98 Å². The van der Waals surface area contributed by atoms with Gasteiger partial charge in [-0.1, -0.05) is 48.5 Å². The number of para-hydroxylation sites is 1. The molecule has 5 nitrogen and oxygen atoms in total. The largest absolute Gasteiger partial charge is 0.481 e. The number of hydrogen-bond donors (Lipinski definition) is 3. The normalized spacial score (nSPS) is 16.2. The van der Waals surface area contributed by atoms with Gasteiger partial charge < -0.3 is 15.0 Å². The van der Waals surface area contributed by atoms with Crippen LogP contribution in [0.1, 0.15) is 29.6 Å². The number of aromatic amines is 1. The maximum atomic E-state index is 13.0. The van der Waals surface area contributed by atoms with Crippen molar-refractivity contribution in [3.05, 3.63) is 71.9 Å². The van der Waals surface area contributed by atoms with Crippen LogP contribution in [0.15, 0.2) is 60.8 Å². The molecular formula is C19H20NO4P. The maximum absolute atomic E-state index is 13.0. The number of rotatable bonds is 6. The highest BCUT2D eigenvalue weighted by atomic mass is 31.2. The van der Waals surface area contributed by atoms with E-state index in [1.165, 1.54) is 0 Å². The topological polar surface area (TPSA) is 90.4 Å². The fourth-order valence-corrected chi connectivity index (χ4v) is 4.94. The average molecular weight is 357 g/mol. The molecule has 130 valence electrons. The molecule has 3 rings (SSSR count). The Morgan fingerprint density at radius 2 is 1.76 bits per heavy atom. The molecule has 0 saturated carbocycles. The summed E-state index contributed by atoms with van der Waals surface area (Å²) in [6.07, 6.45) is 1.43. The molecule has 3 N–H and O–H groups in total. The number of nitrogens with one attached hydrogen (secondary N) is 1. The van der Waals surface area contributed by atoms with Gasteiger partial charge in [-0.15, -0.1) is 0 Å². The van der Waals surface area contributed by atoms with Gasteiger partial charge in [0.25, 0.3) is 0 Å². The van der Waals surface area contributed by atoms with E-state index < -0.39 is 24.9 Å². The summed E-state index contributed by atoms with van der Waals surface area (Å²) in [5.74, 6) is -2.10. The number of H-pyrrole nitrogens is 1. The van der Waals surface area contributed by atoms with Crippen LogP contribution in [0.5, 0.6) is 0 Å². The SMILES string of the molecule is CC(c1c[nH]c2ccccc12)P(=O)(O)CC(C(=O)O)c1ccccc1. The van der Waals surface area contributed by atoms with Crippen molar-refractivity contribution in [3.8, 4) is 0 Å². The molecule has 3 aromatic rings. The van der Waals surface area contributed by atoms with Crippen molar-refractivity contribution in [2.45, 2.75) is 18.5 Å². The highest BCUT2D eigenvalue weighted by Gasteiger charge is 2.36. The van der Waals surface area contributed by atoms with Crippen LogP contribution in [0.3, 0.4) is 0 Å². The standard InChI is InChI=1S/C19H20NO4P/c1-13(16-11-20-18-10-6-5-9-15(16)18)25(23,24)12-17(19(21)22)14-7-3-2-4-8-14/h2-11,13,17,20H,12H2,1H3,(H,21,22)(H,23,24). The average Bonchev–Trinajstić information content (AvgIpc) is 3.03. The van der Waals surface area contributed by atoms with Crippen LogP contribution in [0.2, 0.25) is 0 Å². The first-order valence-corrected chi connectivity index (χ1v) is 9.97. The molecule has 6 heteroatoms. The second-order valence-corrected chi connectivity index (χ2v) is 8.86. The number of aromatic nitrogens is 1. The third-order valence-electron chi connectivity index (χ3n) is 4.62. The molecule has 3 atom stereocenters. The van der Waals surface area contributed by atoms with E-state index in [0.29, 0.717) is 5.56 Å². The number of aliphatic carboxylic acids is 1. The van der Waals surface area contributed by atoms with Crippen LogP contribution < -0.4 is 0 Å². The Morgan fingerprint density at radius 3 is 2.44 bits per heavy atom. The highest BCUT2D eigenvalue weighted by Crippen LogP contribution is 2.58. The van der Waals surface area contributed by atoms with E-state index in [1.54, 1.807) is 43.5 Å². The minimum atomic E-state index is -3.75. The molecule has 0 radical (unpaired) electrons. The summed E-state index contributed by atoms with van der Waals surface area (Å²) in [5.41, 5.74) is 1.51. The summed E-state index contributed by atoms with van der Waals surface area (Å²) >= 11 is 0. The van der Waals surface area contributed by atoms with Crippen molar-refractivity contribution in [2.24, 2.45) is 0 Å². The Hall–Kier alpha value is -2.36. The Labute approximate surface area is 145 Å². The summed E-state index contributed by atoms with van der Waals surface area (Å²) in [7, 11) is -3.75. The predicted octanol–water partition coefficient (Wildman–Crippen LogP) is 4.37. The van der Waals surface area contributed by atoms with Crippen molar-refractivity contribution in [2.75, 3.05) is 6.16 Å². The summed E-state index contributed by atoms with van der Waals surface area (Å²) in [6.45, 7) is 1.68. The number of carboxylic acid groups (broad SMARTS) is 1. The number of carboxylic acids is 1. The summed E-state index contributed by atoms with van der Waals surface area (Å²) < 4.78 is 13.0. The molecule has 0 fully saturated rings. The van der Waals surface area contributed by atoms with E-state index >= 15 is 0 Å². The highest BCUT2D eigenvalue weighted by molar-refractivity contribution is 7.58. The fourth-order valence-electron chi connectivity index (χ4n) is 3.09. The molecular weight excluding hydrogens is 337 g/mol. The molecule has 0 amide bonds. The molecule has 0 aliphatic rings. The molecule has 2 aromatic carbocycles. The van der Waals surface area contributed by atoms with Gasteiger partial charge in [0.05, 0.1) is 11.6 Å². The lowest BCUT2D eigenvalue weighted by Gasteiger charge is -2.22. The van der Waals surface area contributed by atoms with Gasteiger partial charge >= 0.3 is 5.97 Å². The second kappa shape index (κ2) is 6.87. The molecule has 25 heavy (non-hydrogen) atoms. The zero-order chi connectivity index (χ0) is 18.0. The Kier molecular flexibility index (Phi) is 4.80. The first kappa shape index (κ1) is 17.5. The van der Waals surface area contributed by atoms with Crippen LogP contribution in [-0.2, 0) is 9.36 Å². The number of benzene rings is 2. The van der Waals surface area contributed by atoms with E-state index in [9.17, 15) is 19.4 Å². The van der Waals surface area contributed by atoms with Gasteiger partial charge in [-0.25, -0.2) is 0 Å². The van der Waals surface area contributed by atoms with Gasteiger partial charge in [0.2, 0.25) is 7.37 Å². The Morgan fingerprint density at radius 1 is 1.12 bits per heavy atom. The predicted molar refractivity (Wildman–Crippen MR) is 98.2 cm³/mol. The minimum Gasteiger partial charge on any atom is -0.481 e. The zero-order valence-corrected chi connectivity index (χ0v) is 14.7. The molecule has 0 bridgehead atoms.